The summed E-state index contributed by atoms with van der Waals surface area (Å²) in [6, 6.07) is 3.58. The molecule has 2 rings (SSSR count). The Morgan fingerprint density at radius 1 is 1.20 bits per heavy atom. The number of nitrogens with two attached hydrogens (primary N) is 1. The van der Waals surface area contributed by atoms with Crippen LogP contribution in [0.2, 0.25) is 0 Å². The molecule has 0 unspecified atom stereocenters. The molecule has 0 bridgehead atoms. The fourth-order valence-electron chi connectivity index (χ4n) is 2.36. The molecule has 1 fully saturated rings. The van der Waals surface area contributed by atoms with Gasteiger partial charge >= 0.3 is 10.2 Å². The quantitative estimate of drug-likeness (QED) is 0.840. The summed E-state index contributed by atoms with van der Waals surface area (Å²) in [4.78, 5) is 0. The molecule has 0 radical (unpaired) electrons. The van der Waals surface area contributed by atoms with Crippen LogP contribution in [0.1, 0.15) is 30.9 Å². The minimum Gasteiger partial charge on any atom is -0.397 e. The van der Waals surface area contributed by atoms with Crippen LogP contribution in [-0.2, 0) is 10.2 Å². The van der Waals surface area contributed by atoms with Gasteiger partial charge < -0.3 is 5.73 Å². The highest BCUT2D eigenvalue weighted by Crippen LogP contribution is 2.26. The average Bonchev–Trinajstić information content (AvgIpc) is 2.36. The summed E-state index contributed by atoms with van der Waals surface area (Å²) in [7, 11) is -3.51. The number of piperidine rings is 1. The van der Waals surface area contributed by atoms with E-state index < -0.39 is 10.2 Å². The Bertz CT molecular complexity index is 591. The monoisotopic (exact) mass is 297 g/mol. The van der Waals surface area contributed by atoms with E-state index >= 15 is 0 Å². The Kier molecular flexibility index (Phi) is 4.25. The number of rotatable bonds is 3. The second kappa shape index (κ2) is 5.61. The van der Waals surface area contributed by atoms with Crippen LogP contribution in [0, 0.1) is 19.8 Å². The number of aryl methyl sites for hydroxylation is 2. The number of nitrogens with zero attached hydrogens (tertiary/aromatic N) is 1. The third-order valence-corrected chi connectivity index (χ3v) is 5.51. The molecule has 1 aliphatic rings. The van der Waals surface area contributed by atoms with Crippen molar-refractivity contribution in [3.8, 4) is 0 Å². The molecule has 1 aliphatic heterocycles. The maximum Gasteiger partial charge on any atom is 0.301 e. The van der Waals surface area contributed by atoms with Crippen LogP contribution in [-0.4, -0.2) is 25.8 Å². The van der Waals surface area contributed by atoms with Gasteiger partial charge in [-0.2, -0.15) is 12.7 Å². The maximum atomic E-state index is 12.4. The highest BCUT2D eigenvalue weighted by Gasteiger charge is 2.26. The fraction of sp³-hybridized carbons (Fsp3) is 0.571. The minimum absolute atomic E-state index is 0.460. The van der Waals surface area contributed by atoms with Gasteiger partial charge in [-0.05, 0) is 55.9 Å². The molecular formula is C14H23N3O2S. The second-order valence-electron chi connectivity index (χ2n) is 5.71. The Labute approximate surface area is 121 Å². The van der Waals surface area contributed by atoms with Crippen LogP contribution < -0.4 is 10.5 Å². The average molecular weight is 297 g/mol. The lowest BCUT2D eigenvalue weighted by molar-refractivity contribution is 0.289. The predicted octanol–water partition coefficient (Wildman–Crippen LogP) is 2.27. The molecule has 1 saturated heterocycles. The Balaban J connectivity index is 2.18. The first-order valence-electron chi connectivity index (χ1n) is 6.94. The lowest BCUT2D eigenvalue weighted by Crippen LogP contribution is -2.41. The number of hydrogen-bond acceptors (Lipinski definition) is 3. The van der Waals surface area contributed by atoms with Gasteiger partial charge in [0.2, 0.25) is 0 Å². The van der Waals surface area contributed by atoms with E-state index in [-0.39, 0.29) is 0 Å². The molecule has 0 amide bonds. The van der Waals surface area contributed by atoms with E-state index in [0.29, 0.717) is 30.4 Å². The molecule has 0 atom stereocenters. The maximum absolute atomic E-state index is 12.4. The summed E-state index contributed by atoms with van der Waals surface area (Å²) in [6.07, 6.45) is 1.81. The summed E-state index contributed by atoms with van der Waals surface area (Å²) in [5.41, 5.74) is 8.90. The molecule has 0 saturated carbocycles. The van der Waals surface area contributed by atoms with Crippen LogP contribution in [0.3, 0.4) is 0 Å². The number of anilines is 2. The normalized spacial score (nSPS) is 18.1. The van der Waals surface area contributed by atoms with E-state index in [9.17, 15) is 8.42 Å². The summed E-state index contributed by atoms with van der Waals surface area (Å²) in [5.74, 6) is 0.591. The van der Waals surface area contributed by atoms with Crippen LogP contribution in [0.4, 0.5) is 11.4 Å². The Morgan fingerprint density at radius 3 is 2.35 bits per heavy atom. The molecular weight excluding hydrogens is 274 g/mol. The smallest absolute Gasteiger partial charge is 0.301 e. The van der Waals surface area contributed by atoms with Crippen molar-refractivity contribution in [2.45, 2.75) is 33.6 Å². The van der Waals surface area contributed by atoms with E-state index in [0.717, 1.165) is 24.0 Å². The molecule has 1 heterocycles. The van der Waals surface area contributed by atoms with Crippen molar-refractivity contribution in [3.05, 3.63) is 23.3 Å². The van der Waals surface area contributed by atoms with Crippen molar-refractivity contribution in [2.75, 3.05) is 23.5 Å². The largest absolute Gasteiger partial charge is 0.397 e. The van der Waals surface area contributed by atoms with Crippen molar-refractivity contribution < 1.29 is 8.42 Å². The van der Waals surface area contributed by atoms with Gasteiger partial charge in [0.25, 0.3) is 0 Å². The van der Waals surface area contributed by atoms with Crippen molar-refractivity contribution in [1.82, 2.24) is 4.31 Å². The Morgan fingerprint density at radius 2 is 1.75 bits per heavy atom. The van der Waals surface area contributed by atoms with Crippen LogP contribution >= 0.6 is 0 Å². The first-order chi connectivity index (χ1) is 9.29. The minimum atomic E-state index is -3.51. The van der Waals surface area contributed by atoms with Crippen LogP contribution in [0.5, 0.6) is 0 Å². The number of hydrogen-bond donors (Lipinski definition) is 2. The number of benzene rings is 1. The lowest BCUT2D eigenvalue weighted by Gasteiger charge is -2.29. The summed E-state index contributed by atoms with van der Waals surface area (Å²) in [5, 5.41) is 0. The third-order valence-electron chi connectivity index (χ3n) is 3.99. The molecule has 3 N–H and O–H groups in total. The molecule has 1 aromatic carbocycles. The van der Waals surface area contributed by atoms with E-state index in [1.165, 1.54) is 4.31 Å². The molecule has 5 nitrogen and oxygen atoms in total. The molecule has 0 aromatic heterocycles. The van der Waals surface area contributed by atoms with Gasteiger partial charge in [0.15, 0.2) is 0 Å². The highest BCUT2D eigenvalue weighted by molar-refractivity contribution is 7.90. The van der Waals surface area contributed by atoms with E-state index in [1.54, 1.807) is 12.1 Å². The lowest BCUT2D eigenvalue weighted by atomic mass is 10.0. The van der Waals surface area contributed by atoms with Gasteiger partial charge in [0.1, 0.15) is 0 Å². The third kappa shape index (κ3) is 3.24. The van der Waals surface area contributed by atoms with E-state index in [4.69, 9.17) is 5.73 Å². The molecule has 112 valence electrons. The zero-order valence-electron chi connectivity index (χ0n) is 12.3. The molecule has 20 heavy (non-hydrogen) atoms. The standard InChI is InChI=1S/C14H23N3O2S/c1-10-4-6-17(7-5-10)20(18,19)16-14-9-12(3)11(2)8-13(14)15/h8-10,16H,4-7,15H2,1-3H3. The Hall–Kier alpha value is -1.27. The first kappa shape index (κ1) is 15.1. The van der Waals surface area contributed by atoms with Gasteiger partial charge in [-0.1, -0.05) is 6.92 Å². The van der Waals surface area contributed by atoms with Crippen LogP contribution in [0.25, 0.3) is 0 Å². The molecule has 1 aromatic rings. The number of nitrogens with one attached hydrogen (secondary N) is 1. The van der Waals surface area contributed by atoms with E-state index in [2.05, 4.69) is 11.6 Å². The summed E-state index contributed by atoms with van der Waals surface area (Å²) < 4.78 is 28.9. The summed E-state index contributed by atoms with van der Waals surface area (Å²) in [6.45, 7) is 7.19. The zero-order valence-corrected chi connectivity index (χ0v) is 13.1. The zero-order chi connectivity index (χ0) is 14.9. The van der Waals surface area contributed by atoms with Crippen molar-refractivity contribution in [3.63, 3.8) is 0 Å². The molecule has 6 heteroatoms. The van der Waals surface area contributed by atoms with Gasteiger partial charge in [0.05, 0.1) is 11.4 Å². The predicted molar refractivity (Wildman–Crippen MR) is 82.8 cm³/mol. The molecule has 0 spiro atoms. The van der Waals surface area contributed by atoms with Crippen molar-refractivity contribution >= 4 is 21.6 Å². The first-order valence-corrected chi connectivity index (χ1v) is 8.38. The fourth-order valence-corrected chi connectivity index (χ4v) is 3.63. The van der Waals surface area contributed by atoms with Crippen molar-refractivity contribution in [1.29, 1.82) is 0 Å². The van der Waals surface area contributed by atoms with E-state index in [1.807, 2.05) is 13.8 Å². The second-order valence-corrected chi connectivity index (χ2v) is 7.38. The highest BCUT2D eigenvalue weighted by atomic mass is 32.2. The van der Waals surface area contributed by atoms with Gasteiger partial charge in [-0.15, -0.1) is 0 Å². The van der Waals surface area contributed by atoms with Gasteiger partial charge in [0, 0.05) is 13.1 Å². The molecule has 0 aliphatic carbocycles. The van der Waals surface area contributed by atoms with Gasteiger partial charge in [-0.3, -0.25) is 4.72 Å². The SMILES string of the molecule is Cc1cc(N)c(NS(=O)(=O)N2CCC(C)CC2)cc1C. The van der Waals surface area contributed by atoms with Crippen molar-refractivity contribution in [2.24, 2.45) is 5.92 Å². The van der Waals surface area contributed by atoms with Crippen LogP contribution in [0.15, 0.2) is 12.1 Å². The number of nitrogen functional groups attached to an aromatic ring is 1. The summed E-state index contributed by atoms with van der Waals surface area (Å²) >= 11 is 0. The van der Waals surface area contributed by atoms with Gasteiger partial charge in [-0.25, -0.2) is 0 Å². The topological polar surface area (TPSA) is 75.4 Å².